The molecule has 0 radical (unpaired) electrons. The Morgan fingerprint density at radius 1 is 1.27 bits per heavy atom. The molecule has 1 aromatic carbocycles. The molecule has 0 spiro atoms. The Morgan fingerprint density at radius 2 is 2.04 bits per heavy atom. The molecule has 0 saturated carbocycles. The highest BCUT2D eigenvalue weighted by molar-refractivity contribution is 6.03. The van der Waals surface area contributed by atoms with Gasteiger partial charge in [-0.1, -0.05) is 18.2 Å². The van der Waals surface area contributed by atoms with Gasteiger partial charge in [-0.3, -0.25) is 9.59 Å². The fraction of sp³-hybridized carbons (Fsp3) is 0.444. The van der Waals surface area contributed by atoms with Gasteiger partial charge >= 0.3 is 0 Å². The number of rotatable bonds is 9. The maximum atomic E-state index is 12.2. The predicted octanol–water partition coefficient (Wildman–Crippen LogP) is 1.83. The fourth-order valence-electron chi connectivity index (χ4n) is 2.56. The minimum absolute atomic E-state index is 0.253. The lowest BCUT2D eigenvalue weighted by molar-refractivity contribution is -0.127. The average molecular weight is 359 g/mol. The van der Waals surface area contributed by atoms with Crippen molar-refractivity contribution in [1.29, 1.82) is 0 Å². The number of amides is 2. The van der Waals surface area contributed by atoms with Gasteiger partial charge in [-0.25, -0.2) is 0 Å². The summed E-state index contributed by atoms with van der Waals surface area (Å²) in [5.41, 5.74) is 1.65. The predicted molar refractivity (Wildman–Crippen MR) is 97.5 cm³/mol. The number of hydrogen-bond acceptors (Lipinski definition) is 5. The quantitative estimate of drug-likeness (QED) is 0.526. The van der Waals surface area contributed by atoms with Crippen LogP contribution in [0.4, 0.5) is 5.69 Å². The summed E-state index contributed by atoms with van der Waals surface area (Å²) in [6.07, 6.45) is 2.19. The van der Waals surface area contributed by atoms with Crippen LogP contribution in [-0.2, 0) is 20.9 Å². The van der Waals surface area contributed by atoms with Crippen LogP contribution < -0.4 is 10.6 Å². The molecule has 1 unspecified atom stereocenters. The standard InChI is InChI=1S/C18H25N5O3/c1-13-7-4-5-8-15(13)21-17(25)11-16(24)20-14(2)18-22-19-12-23(18)9-6-10-26-3/h4-5,7-8,12,14H,6,9-11H2,1-3H3,(H,20,24)(H,21,25). The first-order valence-electron chi connectivity index (χ1n) is 8.52. The van der Waals surface area contributed by atoms with Crippen molar-refractivity contribution in [1.82, 2.24) is 20.1 Å². The van der Waals surface area contributed by atoms with Crippen molar-refractivity contribution in [3.63, 3.8) is 0 Å². The molecule has 0 saturated heterocycles. The van der Waals surface area contributed by atoms with E-state index in [1.54, 1.807) is 19.5 Å². The van der Waals surface area contributed by atoms with Crippen molar-refractivity contribution in [2.24, 2.45) is 0 Å². The van der Waals surface area contributed by atoms with Crippen LogP contribution in [0.3, 0.4) is 0 Å². The summed E-state index contributed by atoms with van der Waals surface area (Å²) in [5.74, 6) is -0.0747. The Bertz CT molecular complexity index is 744. The SMILES string of the molecule is COCCCn1cnnc1C(C)NC(=O)CC(=O)Nc1ccccc1C. The molecule has 0 fully saturated rings. The summed E-state index contributed by atoms with van der Waals surface area (Å²) in [5, 5.41) is 13.5. The first-order valence-corrected chi connectivity index (χ1v) is 8.52. The van der Waals surface area contributed by atoms with Crippen LogP contribution in [0.25, 0.3) is 0 Å². The molecule has 2 amide bonds. The van der Waals surface area contributed by atoms with E-state index in [9.17, 15) is 9.59 Å². The molecule has 0 aliphatic rings. The topological polar surface area (TPSA) is 98.1 Å². The van der Waals surface area contributed by atoms with Crippen LogP contribution in [0.5, 0.6) is 0 Å². The second kappa shape index (κ2) is 9.67. The van der Waals surface area contributed by atoms with Crippen molar-refractivity contribution in [3.8, 4) is 0 Å². The van der Waals surface area contributed by atoms with Crippen molar-refractivity contribution in [2.45, 2.75) is 39.3 Å². The summed E-state index contributed by atoms with van der Waals surface area (Å²) in [6.45, 7) is 5.05. The lowest BCUT2D eigenvalue weighted by Gasteiger charge is -2.15. The monoisotopic (exact) mass is 359 g/mol. The normalized spacial score (nSPS) is 11.8. The Balaban J connectivity index is 1.86. The second-order valence-electron chi connectivity index (χ2n) is 6.06. The molecule has 1 atom stereocenters. The smallest absolute Gasteiger partial charge is 0.233 e. The largest absolute Gasteiger partial charge is 0.385 e. The number of anilines is 1. The lowest BCUT2D eigenvalue weighted by atomic mass is 10.2. The van der Waals surface area contributed by atoms with Crippen LogP contribution >= 0.6 is 0 Å². The van der Waals surface area contributed by atoms with E-state index in [1.165, 1.54) is 0 Å². The summed E-state index contributed by atoms with van der Waals surface area (Å²) >= 11 is 0. The highest BCUT2D eigenvalue weighted by Gasteiger charge is 2.17. The number of hydrogen-bond donors (Lipinski definition) is 2. The third kappa shape index (κ3) is 5.66. The first kappa shape index (κ1) is 19.6. The number of nitrogens with zero attached hydrogens (tertiary/aromatic N) is 3. The third-order valence-corrected chi connectivity index (χ3v) is 3.90. The molecule has 0 bridgehead atoms. The maximum Gasteiger partial charge on any atom is 0.233 e. The number of ether oxygens (including phenoxy) is 1. The van der Waals surface area contributed by atoms with Gasteiger partial charge in [-0.05, 0) is 31.9 Å². The van der Waals surface area contributed by atoms with E-state index in [4.69, 9.17) is 4.74 Å². The van der Waals surface area contributed by atoms with E-state index in [0.29, 0.717) is 24.7 Å². The van der Waals surface area contributed by atoms with E-state index in [0.717, 1.165) is 12.0 Å². The van der Waals surface area contributed by atoms with E-state index in [2.05, 4.69) is 20.8 Å². The zero-order valence-corrected chi connectivity index (χ0v) is 15.4. The van der Waals surface area contributed by atoms with Gasteiger partial charge in [0, 0.05) is 25.9 Å². The van der Waals surface area contributed by atoms with Crippen LogP contribution in [0.15, 0.2) is 30.6 Å². The van der Waals surface area contributed by atoms with Gasteiger partial charge in [0.05, 0.1) is 6.04 Å². The molecule has 2 rings (SSSR count). The Morgan fingerprint density at radius 3 is 2.77 bits per heavy atom. The van der Waals surface area contributed by atoms with Gasteiger partial charge in [0.15, 0.2) is 5.82 Å². The minimum atomic E-state index is -0.366. The molecule has 0 aliphatic carbocycles. The van der Waals surface area contributed by atoms with Gasteiger partial charge in [0.25, 0.3) is 0 Å². The van der Waals surface area contributed by atoms with Gasteiger partial charge in [0.1, 0.15) is 12.7 Å². The van der Waals surface area contributed by atoms with Crippen molar-refractivity contribution in [3.05, 3.63) is 42.0 Å². The van der Waals surface area contributed by atoms with Crippen molar-refractivity contribution < 1.29 is 14.3 Å². The number of nitrogens with one attached hydrogen (secondary N) is 2. The Labute approximate surface area is 153 Å². The number of aryl methyl sites for hydroxylation is 2. The van der Waals surface area contributed by atoms with Gasteiger partial charge in [-0.2, -0.15) is 0 Å². The number of carbonyl (C=O) groups is 2. The molecule has 0 aliphatic heterocycles. The highest BCUT2D eigenvalue weighted by Crippen LogP contribution is 2.14. The van der Waals surface area contributed by atoms with Gasteiger partial charge in [-0.15, -0.1) is 10.2 Å². The van der Waals surface area contributed by atoms with Gasteiger partial charge < -0.3 is 19.9 Å². The Hall–Kier alpha value is -2.74. The van der Waals surface area contributed by atoms with Crippen molar-refractivity contribution in [2.75, 3.05) is 19.0 Å². The zero-order chi connectivity index (χ0) is 18.9. The van der Waals surface area contributed by atoms with Crippen LogP contribution in [0, 0.1) is 6.92 Å². The fourth-order valence-corrected chi connectivity index (χ4v) is 2.56. The van der Waals surface area contributed by atoms with Crippen LogP contribution in [-0.4, -0.2) is 40.3 Å². The second-order valence-corrected chi connectivity index (χ2v) is 6.06. The summed E-state index contributed by atoms with van der Waals surface area (Å²) in [4.78, 5) is 24.2. The molecule has 140 valence electrons. The van der Waals surface area contributed by atoms with Crippen LogP contribution in [0.1, 0.15) is 37.2 Å². The van der Waals surface area contributed by atoms with E-state index < -0.39 is 0 Å². The average Bonchev–Trinajstić information content (AvgIpc) is 3.05. The number of benzene rings is 1. The highest BCUT2D eigenvalue weighted by atomic mass is 16.5. The third-order valence-electron chi connectivity index (χ3n) is 3.90. The number of methoxy groups -OCH3 is 1. The number of para-hydroxylation sites is 1. The van der Waals surface area contributed by atoms with E-state index in [1.807, 2.05) is 36.6 Å². The summed E-state index contributed by atoms with van der Waals surface area (Å²) < 4.78 is 6.91. The Kier molecular flexibility index (Phi) is 7.28. The molecule has 2 N–H and O–H groups in total. The molecule has 8 heteroatoms. The number of aromatic nitrogens is 3. The lowest BCUT2D eigenvalue weighted by Crippen LogP contribution is -2.31. The molecule has 26 heavy (non-hydrogen) atoms. The zero-order valence-electron chi connectivity index (χ0n) is 15.4. The first-order chi connectivity index (χ1) is 12.5. The maximum absolute atomic E-state index is 12.2. The van der Waals surface area contributed by atoms with Gasteiger partial charge in [0.2, 0.25) is 11.8 Å². The molecular formula is C18H25N5O3. The molecule has 8 nitrogen and oxygen atoms in total. The van der Waals surface area contributed by atoms with E-state index >= 15 is 0 Å². The van der Waals surface area contributed by atoms with Crippen LogP contribution in [0.2, 0.25) is 0 Å². The molecule has 2 aromatic rings. The minimum Gasteiger partial charge on any atom is -0.385 e. The number of carbonyl (C=O) groups excluding carboxylic acids is 2. The molecular weight excluding hydrogens is 334 g/mol. The molecule has 1 aromatic heterocycles. The summed E-state index contributed by atoms with van der Waals surface area (Å²) in [6, 6.07) is 7.08. The summed E-state index contributed by atoms with van der Waals surface area (Å²) in [7, 11) is 1.65. The van der Waals surface area contributed by atoms with E-state index in [-0.39, 0.29) is 24.3 Å². The molecule has 1 heterocycles. The van der Waals surface area contributed by atoms with Crippen molar-refractivity contribution >= 4 is 17.5 Å².